The third-order valence-corrected chi connectivity index (χ3v) is 6.24. The number of hydrogen-bond acceptors (Lipinski definition) is 4. The Kier molecular flexibility index (Phi) is 5.07. The predicted octanol–water partition coefficient (Wildman–Crippen LogP) is 2.27. The number of carbonyl (C=O) groups is 1. The van der Waals surface area contributed by atoms with Gasteiger partial charge in [0, 0.05) is 25.2 Å². The first kappa shape index (κ1) is 18.1. The summed E-state index contributed by atoms with van der Waals surface area (Å²) in [6.07, 6.45) is 1.68. The van der Waals surface area contributed by atoms with Gasteiger partial charge in [0.15, 0.2) is 0 Å². The molecule has 1 aliphatic rings. The van der Waals surface area contributed by atoms with Gasteiger partial charge in [0.1, 0.15) is 0 Å². The van der Waals surface area contributed by atoms with Crippen molar-refractivity contribution < 1.29 is 13.2 Å². The van der Waals surface area contributed by atoms with Crippen LogP contribution in [0, 0.1) is 11.3 Å². The number of nitrogens with one attached hydrogen (secondary N) is 1. The lowest BCUT2D eigenvalue weighted by atomic mass is 10.1. The summed E-state index contributed by atoms with van der Waals surface area (Å²) in [5.74, 6) is -0.180. The van der Waals surface area contributed by atoms with Crippen LogP contribution in [0.2, 0.25) is 0 Å². The summed E-state index contributed by atoms with van der Waals surface area (Å²) in [7, 11) is -2.08. The summed E-state index contributed by atoms with van der Waals surface area (Å²) in [5, 5.41) is 11.4. The molecule has 1 aliphatic carbocycles. The Morgan fingerprint density at radius 1 is 1.15 bits per heavy atom. The second-order valence-electron chi connectivity index (χ2n) is 6.19. The van der Waals surface area contributed by atoms with E-state index in [1.165, 1.54) is 28.6 Å². The van der Waals surface area contributed by atoms with Crippen molar-refractivity contribution in [2.75, 3.05) is 7.05 Å². The van der Waals surface area contributed by atoms with Crippen LogP contribution in [-0.4, -0.2) is 31.7 Å². The number of nitriles is 1. The fraction of sp³-hybridized carbons (Fsp3) is 0.263. The molecule has 3 rings (SSSR count). The van der Waals surface area contributed by atoms with Crippen LogP contribution in [0.25, 0.3) is 0 Å². The third kappa shape index (κ3) is 3.77. The highest BCUT2D eigenvalue weighted by atomic mass is 32.2. The van der Waals surface area contributed by atoms with E-state index in [1.807, 2.05) is 6.07 Å². The molecule has 1 saturated carbocycles. The summed E-state index contributed by atoms with van der Waals surface area (Å²) in [4.78, 5) is 11.8. The molecule has 134 valence electrons. The van der Waals surface area contributed by atoms with Gasteiger partial charge in [-0.2, -0.15) is 9.57 Å². The van der Waals surface area contributed by atoms with Crippen molar-refractivity contribution in [3.63, 3.8) is 0 Å². The van der Waals surface area contributed by atoms with Gasteiger partial charge in [-0.25, -0.2) is 8.42 Å². The molecule has 0 unspecified atom stereocenters. The molecule has 1 amide bonds. The highest BCUT2D eigenvalue weighted by molar-refractivity contribution is 7.89. The number of hydrogen-bond donors (Lipinski definition) is 1. The van der Waals surface area contributed by atoms with Gasteiger partial charge in [0.25, 0.3) is 5.91 Å². The molecule has 7 heteroatoms. The van der Waals surface area contributed by atoms with Crippen LogP contribution in [0.3, 0.4) is 0 Å². The molecule has 0 aliphatic heterocycles. The summed E-state index contributed by atoms with van der Waals surface area (Å²) < 4.78 is 27.5. The molecule has 0 atom stereocenters. The molecule has 0 radical (unpaired) electrons. The van der Waals surface area contributed by atoms with Gasteiger partial charge in [0.05, 0.1) is 16.5 Å². The lowest BCUT2D eigenvalue weighted by Crippen LogP contribution is -2.32. The number of nitrogens with zero attached hydrogens (tertiary/aromatic N) is 2. The molecule has 0 heterocycles. The zero-order chi connectivity index (χ0) is 18.7. The standard InChI is InChI=1S/C19H19N3O3S/c1-21-19(23)16-6-2-15(3-7-16)13-22(17-8-9-17)26(24,25)18-10-4-14(12-20)5-11-18/h2-7,10-11,17H,8-9,13H2,1H3,(H,21,23). The Morgan fingerprint density at radius 2 is 1.77 bits per heavy atom. The summed E-state index contributed by atoms with van der Waals surface area (Å²) >= 11 is 0. The maximum absolute atomic E-state index is 13.0. The van der Waals surface area contributed by atoms with Gasteiger partial charge in [-0.15, -0.1) is 0 Å². The van der Waals surface area contributed by atoms with E-state index in [4.69, 9.17) is 5.26 Å². The van der Waals surface area contributed by atoms with Gasteiger partial charge in [-0.3, -0.25) is 4.79 Å². The van der Waals surface area contributed by atoms with Crippen LogP contribution < -0.4 is 5.32 Å². The monoisotopic (exact) mass is 369 g/mol. The van der Waals surface area contributed by atoms with Gasteiger partial charge in [0.2, 0.25) is 10.0 Å². The van der Waals surface area contributed by atoms with E-state index in [1.54, 1.807) is 31.3 Å². The minimum absolute atomic E-state index is 0.00531. The lowest BCUT2D eigenvalue weighted by molar-refractivity contribution is 0.0963. The molecule has 0 bridgehead atoms. The molecule has 2 aromatic rings. The van der Waals surface area contributed by atoms with Crippen LogP contribution in [-0.2, 0) is 16.6 Å². The number of benzene rings is 2. The number of carbonyl (C=O) groups excluding carboxylic acids is 1. The van der Waals surface area contributed by atoms with Gasteiger partial charge in [-0.1, -0.05) is 12.1 Å². The van der Waals surface area contributed by atoms with Crippen molar-refractivity contribution in [2.45, 2.75) is 30.3 Å². The molecule has 1 N–H and O–H groups in total. The molecule has 26 heavy (non-hydrogen) atoms. The van der Waals surface area contributed by atoms with E-state index in [0.29, 0.717) is 11.1 Å². The smallest absolute Gasteiger partial charge is 0.251 e. The van der Waals surface area contributed by atoms with Crippen molar-refractivity contribution in [1.29, 1.82) is 5.26 Å². The van der Waals surface area contributed by atoms with E-state index in [-0.39, 0.29) is 23.4 Å². The second-order valence-corrected chi connectivity index (χ2v) is 8.08. The predicted molar refractivity (Wildman–Crippen MR) is 96.7 cm³/mol. The van der Waals surface area contributed by atoms with E-state index < -0.39 is 10.0 Å². The molecule has 0 saturated heterocycles. The highest BCUT2D eigenvalue weighted by Crippen LogP contribution is 2.33. The van der Waals surface area contributed by atoms with Gasteiger partial charge < -0.3 is 5.32 Å². The maximum atomic E-state index is 13.0. The summed E-state index contributed by atoms with van der Waals surface area (Å²) in [6, 6.07) is 14.9. The minimum atomic E-state index is -3.65. The number of amides is 1. The van der Waals surface area contributed by atoms with Crippen molar-refractivity contribution in [3.8, 4) is 6.07 Å². The van der Waals surface area contributed by atoms with Crippen molar-refractivity contribution in [3.05, 3.63) is 65.2 Å². The van der Waals surface area contributed by atoms with Crippen LogP contribution in [0.4, 0.5) is 0 Å². The Morgan fingerprint density at radius 3 is 2.27 bits per heavy atom. The van der Waals surface area contributed by atoms with Crippen molar-refractivity contribution >= 4 is 15.9 Å². The summed E-state index contributed by atoms with van der Waals surface area (Å²) in [6.45, 7) is 0.251. The SMILES string of the molecule is CNC(=O)c1ccc(CN(C2CC2)S(=O)(=O)c2ccc(C#N)cc2)cc1. The second kappa shape index (κ2) is 7.28. The van der Waals surface area contributed by atoms with E-state index in [0.717, 1.165) is 18.4 Å². The van der Waals surface area contributed by atoms with Crippen LogP contribution >= 0.6 is 0 Å². The fourth-order valence-corrected chi connectivity index (χ4v) is 4.37. The molecule has 2 aromatic carbocycles. The van der Waals surface area contributed by atoms with Crippen molar-refractivity contribution in [1.82, 2.24) is 9.62 Å². The molecule has 6 nitrogen and oxygen atoms in total. The molecular weight excluding hydrogens is 350 g/mol. The van der Waals surface area contributed by atoms with E-state index in [2.05, 4.69) is 5.32 Å². The average molecular weight is 369 g/mol. The van der Waals surface area contributed by atoms with Crippen LogP contribution in [0.1, 0.15) is 34.3 Å². The molecule has 0 aromatic heterocycles. The van der Waals surface area contributed by atoms with E-state index in [9.17, 15) is 13.2 Å². The van der Waals surface area contributed by atoms with Crippen LogP contribution in [0.15, 0.2) is 53.4 Å². The number of sulfonamides is 1. The zero-order valence-electron chi connectivity index (χ0n) is 14.3. The zero-order valence-corrected chi connectivity index (χ0v) is 15.2. The molecular formula is C19H19N3O3S. The Labute approximate surface area is 153 Å². The quantitative estimate of drug-likeness (QED) is 0.846. The lowest BCUT2D eigenvalue weighted by Gasteiger charge is -2.22. The molecule has 0 spiro atoms. The maximum Gasteiger partial charge on any atom is 0.251 e. The Hall–Kier alpha value is -2.69. The first-order valence-electron chi connectivity index (χ1n) is 8.28. The largest absolute Gasteiger partial charge is 0.355 e. The normalized spacial score (nSPS) is 14.0. The highest BCUT2D eigenvalue weighted by Gasteiger charge is 2.38. The summed E-state index contributed by atoms with van der Waals surface area (Å²) in [5.41, 5.74) is 1.78. The third-order valence-electron chi connectivity index (χ3n) is 4.33. The van der Waals surface area contributed by atoms with Crippen molar-refractivity contribution in [2.24, 2.45) is 0 Å². The van der Waals surface area contributed by atoms with Crippen LogP contribution in [0.5, 0.6) is 0 Å². The van der Waals surface area contributed by atoms with E-state index >= 15 is 0 Å². The average Bonchev–Trinajstić information content (AvgIpc) is 3.50. The molecule has 1 fully saturated rings. The first-order valence-corrected chi connectivity index (χ1v) is 9.73. The van der Waals surface area contributed by atoms with Gasteiger partial charge in [-0.05, 0) is 54.8 Å². The first-order chi connectivity index (χ1) is 12.5. The topological polar surface area (TPSA) is 90.3 Å². The van der Waals surface area contributed by atoms with Gasteiger partial charge >= 0.3 is 0 Å². The Bertz CT molecular complexity index is 941. The number of rotatable bonds is 6. The minimum Gasteiger partial charge on any atom is -0.355 e. The Balaban J connectivity index is 1.85. The fourth-order valence-electron chi connectivity index (χ4n) is 2.70.